The highest BCUT2D eigenvalue weighted by Gasteiger charge is 2.62. The van der Waals surface area contributed by atoms with E-state index in [1.165, 1.54) is 16.2 Å². The normalized spacial score (nSPS) is 22.0. The zero-order valence-corrected chi connectivity index (χ0v) is 40.0. The van der Waals surface area contributed by atoms with Crippen molar-refractivity contribution in [3.8, 4) is 22.9 Å². The van der Waals surface area contributed by atoms with Crippen LogP contribution in [-0.4, -0.2) is 99.4 Å². The zero-order valence-electron chi connectivity index (χ0n) is 39.2. The first kappa shape index (κ1) is 48.4. The molecule has 1 aliphatic carbocycles. The Morgan fingerprint density at radius 2 is 1.70 bits per heavy atom. The number of methoxy groups -OCH3 is 1. The summed E-state index contributed by atoms with van der Waals surface area (Å²) in [5.41, 5.74) is -0.186. The third-order valence-electron chi connectivity index (χ3n) is 11.7. The van der Waals surface area contributed by atoms with Crippen molar-refractivity contribution < 1.29 is 43.0 Å². The minimum atomic E-state index is -1.62. The van der Waals surface area contributed by atoms with Crippen LogP contribution >= 0.6 is 11.3 Å². The van der Waals surface area contributed by atoms with Gasteiger partial charge in [0.15, 0.2) is 5.13 Å². The summed E-state index contributed by atoms with van der Waals surface area (Å²) in [4.78, 5) is 94.8. The van der Waals surface area contributed by atoms with Gasteiger partial charge < -0.3 is 45.7 Å². The highest BCUT2D eigenvalue weighted by molar-refractivity contribution is 7.14. The standard InChI is InChI=1S/C49H60N8O9S/c1-27(2)41(55-47(63)66-48(5,6)7)45(62)57-25-31(65-39-23-36(37-26-67-46(54-37)50-28(3)4)51-35-21-30(64-8)19-20-32(35)39)22-38(57)43(60)56-49-24-29(49)15-11-9-10-12-18-40(58)52-33-16-13-14-17-34(33)53-44(61)42(49)59/h11,13-17,19-21,23,26-29,31,38,41H,9-10,12,18,22,24-25H2,1-8H3,(H,50,54)(H,52,58)(H,53,61)(H,55,63)(H,56,60)/b15-11+/t29-,31-,38-,41+,49-/m0/s1. The van der Waals surface area contributed by atoms with E-state index in [1.807, 2.05) is 37.4 Å². The highest BCUT2D eigenvalue weighted by atomic mass is 32.1. The van der Waals surface area contributed by atoms with E-state index in [0.717, 1.165) is 5.13 Å². The molecule has 2 aromatic carbocycles. The van der Waals surface area contributed by atoms with Crippen LogP contribution in [-0.2, 0) is 28.7 Å². The van der Waals surface area contributed by atoms with Gasteiger partial charge in [0.05, 0.1) is 36.2 Å². The maximum atomic E-state index is 14.9. The van der Waals surface area contributed by atoms with E-state index >= 15 is 0 Å². The molecule has 0 radical (unpaired) electrons. The lowest BCUT2D eigenvalue weighted by Crippen LogP contribution is -2.58. The van der Waals surface area contributed by atoms with Gasteiger partial charge in [0, 0.05) is 47.7 Å². The molecule has 17 nitrogen and oxygen atoms in total. The number of hydrogen-bond donors (Lipinski definition) is 5. The third-order valence-corrected chi connectivity index (χ3v) is 12.5. The molecule has 2 fully saturated rings. The van der Waals surface area contributed by atoms with Crippen molar-refractivity contribution in [2.24, 2.45) is 11.8 Å². The number of carbonyl (C=O) groups excluding carboxylic acids is 6. The van der Waals surface area contributed by atoms with Crippen molar-refractivity contribution in [2.75, 3.05) is 29.6 Å². The number of anilines is 3. The predicted octanol–water partition coefficient (Wildman–Crippen LogP) is 7.24. The van der Waals surface area contributed by atoms with E-state index in [4.69, 9.17) is 24.2 Å². The van der Waals surface area contributed by atoms with Crippen LogP contribution in [0.5, 0.6) is 11.5 Å². The second-order valence-corrected chi connectivity index (χ2v) is 19.8. The largest absolute Gasteiger partial charge is 0.497 e. The molecule has 67 heavy (non-hydrogen) atoms. The maximum absolute atomic E-state index is 14.9. The number of hydrogen-bond acceptors (Lipinski definition) is 13. The Hall–Kier alpha value is -6.56. The number of thiazole rings is 1. The van der Waals surface area contributed by atoms with Crippen molar-refractivity contribution in [1.82, 2.24) is 25.5 Å². The number of nitrogens with zero attached hydrogens (tertiary/aromatic N) is 3. The lowest BCUT2D eigenvalue weighted by Gasteiger charge is -2.31. The van der Waals surface area contributed by atoms with E-state index in [9.17, 15) is 28.8 Å². The van der Waals surface area contributed by atoms with Crippen LogP contribution in [0, 0.1) is 11.8 Å². The van der Waals surface area contributed by atoms with Gasteiger partial charge in [0.1, 0.15) is 46.5 Å². The van der Waals surface area contributed by atoms with Gasteiger partial charge >= 0.3 is 6.09 Å². The van der Waals surface area contributed by atoms with E-state index < -0.39 is 70.8 Å². The number of benzene rings is 2. The second kappa shape index (κ2) is 20.1. The van der Waals surface area contributed by atoms with Crippen LogP contribution in [0.3, 0.4) is 0 Å². The van der Waals surface area contributed by atoms with Crippen molar-refractivity contribution in [3.63, 3.8) is 0 Å². The molecule has 4 aromatic rings. The van der Waals surface area contributed by atoms with Crippen LogP contribution in [0.4, 0.5) is 21.3 Å². The smallest absolute Gasteiger partial charge is 0.408 e. The number of ether oxygens (including phenoxy) is 3. The molecule has 1 saturated carbocycles. The number of allylic oxidation sites excluding steroid dienone is 1. The number of para-hydroxylation sites is 2. The summed E-state index contributed by atoms with van der Waals surface area (Å²) in [7, 11) is 1.56. The first-order valence-electron chi connectivity index (χ1n) is 22.8. The Morgan fingerprint density at radius 1 is 0.955 bits per heavy atom. The number of pyridine rings is 1. The van der Waals surface area contributed by atoms with Gasteiger partial charge in [-0.3, -0.25) is 24.0 Å². The minimum absolute atomic E-state index is 0.00661. The summed E-state index contributed by atoms with van der Waals surface area (Å²) in [5, 5.41) is 17.7. The van der Waals surface area contributed by atoms with E-state index in [0.29, 0.717) is 58.7 Å². The van der Waals surface area contributed by atoms with Gasteiger partial charge in [-0.25, -0.2) is 14.8 Å². The van der Waals surface area contributed by atoms with Crippen LogP contribution in [0.2, 0.25) is 0 Å². The van der Waals surface area contributed by atoms with Crippen molar-refractivity contribution in [3.05, 3.63) is 66.1 Å². The van der Waals surface area contributed by atoms with E-state index in [-0.39, 0.29) is 43.4 Å². The molecule has 0 bridgehead atoms. The number of likely N-dealkylation sites (tertiary alicyclic amines) is 1. The topological polar surface area (TPSA) is 219 Å². The van der Waals surface area contributed by atoms with Crippen LogP contribution in [0.1, 0.15) is 87.0 Å². The van der Waals surface area contributed by atoms with Crippen molar-refractivity contribution in [1.29, 1.82) is 0 Å². The molecule has 0 spiro atoms. The van der Waals surface area contributed by atoms with Crippen molar-refractivity contribution in [2.45, 2.75) is 122 Å². The first-order valence-corrected chi connectivity index (χ1v) is 23.6. The van der Waals surface area contributed by atoms with Gasteiger partial charge in [-0.1, -0.05) is 38.1 Å². The highest BCUT2D eigenvalue weighted by Crippen LogP contribution is 2.46. The summed E-state index contributed by atoms with van der Waals surface area (Å²) in [6.45, 7) is 12.7. The summed E-state index contributed by atoms with van der Waals surface area (Å²) in [6, 6.07) is 11.6. The number of Topliss-reactive ketones (excluding diaryl/α,β-unsaturated/α-hetero) is 1. The molecule has 4 heterocycles. The molecule has 3 aliphatic rings. The fourth-order valence-electron chi connectivity index (χ4n) is 8.31. The number of alkyl carbamates (subject to hydrolysis) is 1. The monoisotopic (exact) mass is 936 g/mol. The molecule has 356 valence electrons. The van der Waals surface area contributed by atoms with E-state index in [1.54, 1.807) is 84.2 Å². The number of nitrogens with one attached hydrogen (secondary N) is 5. The number of ketones is 1. The number of carbonyl (C=O) groups is 6. The molecule has 1 saturated heterocycles. The Labute approximate surface area is 394 Å². The van der Waals surface area contributed by atoms with Gasteiger partial charge in [0.2, 0.25) is 23.5 Å². The number of aromatic nitrogens is 2. The van der Waals surface area contributed by atoms with Crippen LogP contribution < -0.4 is 36.1 Å². The number of amides is 5. The zero-order chi connectivity index (χ0) is 48.2. The molecule has 18 heteroatoms. The molecule has 5 amide bonds. The van der Waals surface area contributed by atoms with Gasteiger partial charge in [0.25, 0.3) is 5.91 Å². The molecule has 2 aliphatic heterocycles. The average Bonchev–Trinajstić information content (AvgIpc) is 3.52. The number of rotatable bonds is 11. The van der Waals surface area contributed by atoms with Gasteiger partial charge in [-0.2, -0.15) is 0 Å². The second-order valence-electron chi connectivity index (χ2n) is 18.9. The molecule has 0 unspecified atom stereocenters. The third kappa shape index (κ3) is 11.5. The molecular formula is C49H60N8O9S. The quantitative estimate of drug-likeness (QED) is 0.0743. The first-order chi connectivity index (χ1) is 31.8. The average molecular weight is 937 g/mol. The van der Waals surface area contributed by atoms with Crippen LogP contribution in [0.25, 0.3) is 22.3 Å². The number of fused-ring (bicyclic) bond motifs is 3. The minimum Gasteiger partial charge on any atom is -0.497 e. The molecule has 5 N–H and O–H groups in total. The Morgan fingerprint density at radius 3 is 2.40 bits per heavy atom. The summed E-state index contributed by atoms with van der Waals surface area (Å²) < 4.78 is 17.9. The molecule has 5 atom stereocenters. The Bertz CT molecular complexity index is 2570. The van der Waals surface area contributed by atoms with Crippen molar-refractivity contribution >= 4 is 74.3 Å². The SMILES string of the molecule is COc1ccc2c(O[C@H]3C[C@@H](C(=O)N[C@@]45C[C@@H]4/C=C/CCCCC(=O)Nc4ccccc4NC(=O)C5=O)N(C(=O)[C@H](NC(=O)OC(C)(C)C)C(C)C)C3)cc(-c3csc(NC(C)C)n3)nc2c1. The maximum Gasteiger partial charge on any atom is 0.408 e. The lowest BCUT2D eigenvalue weighted by atomic mass is 10.0. The molecule has 2 aromatic heterocycles. The Balaban J connectivity index is 1.22. The molecular weight excluding hydrogens is 877 g/mol. The summed E-state index contributed by atoms with van der Waals surface area (Å²) >= 11 is 1.44. The van der Waals surface area contributed by atoms with Crippen LogP contribution in [0.15, 0.2) is 66.1 Å². The lowest BCUT2D eigenvalue weighted by molar-refractivity contribution is -0.143. The summed E-state index contributed by atoms with van der Waals surface area (Å²) in [5.74, 6) is -3.24. The predicted molar refractivity (Wildman–Crippen MR) is 256 cm³/mol. The fourth-order valence-corrected chi connectivity index (χ4v) is 9.16. The summed E-state index contributed by atoms with van der Waals surface area (Å²) in [6.07, 6.45) is 4.53. The Kier molecular flexibility index (Phi) is 14.5. The van der Waals surface area contributed by atoms with Gasteiger partial charge in [-0.15, -0.1) is 11.3 Å². The van der Waals surface area contributed by atoms with E-state index in [2.05, 4.69) is 26.6 Å². The fraction of sp³-hybridized carbons (Fsp3) is 0.469. The molecule has 7 rings (SSSR count). The van der Waals surface area contributed by atoms with Gasteiger partial charge in [-0.05, 0) is 90.5 Å².